The lowest BCUT2D eigenvalue weighted by molar-refractivity contribution is 0.112. The van der Waals surface area contributed by atoms with E-state index in [-0.39, 0.29) is 11.5 Å². The molecule has 4 unspecified atom stereocenters. The molecule has 12 nitrogen and oxygen atoms in total. The van der Waals surface area contributed by atoms with Crippen molar-refractivity contribution in [1.82, 2.24) is 0 Å². The van der Waals surface area contributed by atoms with Gasteiger partial charge in [0.15, 0.2) is 11.4 Å². The lowest BCUT2D eigenvalue weighted by Crippen LogP contribution is -2.22. The summed E-state index contributed by atoms with van der Waals surface area (Å²) in [5.41, 5.74) is 3.38. The fraction of sp³-hybridized carbons (Fsp3) is 0.0263. The maximum absolute atomic E-state index is 13.7. The number of rotatable bonds is 5. The van der Waals surface area contributed by atoms with Crippen LogP contribution in [-0.4, -0.2) is 41.8 Å². The van der Waals surface area contributed by atoms with E-state index >= 15 is 0 Å². The Balaban J connectivity index is 0.000000185. The summed E-state index contributed by atoms with van der Waals surface area (Å²) in [4.78, 5) is 16.5. The molecular weight excluding hydrogens is 783 g/mol. The quantitative estimate of drug-likeness (QED) is 0.0476. The molecule has 0 bridgehead atoms. The van der Waals surface area contributed by atoms with E-state index in [1.165, 1.54) is 24.3 Å². The molecule has 0 saturated carbocycles. The van der Waals surface area contributed by atoms with Crippen LogP contribution in [0.5, 0.6) is 17.2 Å². The molecule has 17 heteroatoms. The number of aliphatic hydroxyl groups is 1. The summed E-state index contributed by atoms with van der Waals surface area (Å²) in [6, 6.07) is 42.0. The van der Waals surface area contributed by atoms with Crippen molar-refractivity contribution in [3.63, 3.8) is 0 Å². The van der Waals surface area contributed by atoms with E-state index in [4.69, 9.17) is 21.3 Å². The predicted molar refractivity (Wildman–Crippen MR) is 213 cm³/mol. The molecule has 0 amide bonds. The van der Waals surface area contributed by atoms with Crippen LogP contribution in [0.15, 0.2) is 150 Å². The van der Waals surface area contributed by atoms with Gasteiger partial charge in [0.25, 0.3) is 1.43 Å². The zero-order valence-electron chi connectivity index (χ0n) is 30.4. The molecule has 7 aromatic rings. The zero-order chi connectivity index (χ0) is 41.4. The average Bonchev–Trinajstić information content (AvgIpc) is 3.25. The van der Waals surface area contributed by atoms with Gasteiger partial charge in [-0.25, -0.2) is 8.76 Å². The number of carbonyl (C=O) groups excluding carboxylic acids is 1. The SMILES string of the molecule is O=Cc1ccc(O)cc1.O=P1(C(O)c2ccc(O)cc2)Oc2ccccc2-c2ccccc21.O=[p+]1oc2ccccc2c2ccccc21.[2H]OP=O.[2H]O[P+]([B])=O. The predicted octanol–water partition coefficient (Wildman–Crippen LogP) is 9.57. The lowest BCUT2D eigenvalue weighted by atomic mass is 10.0. The summed E-state index contributed by atoms with van der Waals surface area (Å²) in [6.45, 7) is 0. The normalized spacial score (nSPS) is 15.0. The van der Waals surface area contributed by atoms with Crippen LogP contribution >= 0.6 is 31.6 Å². The van der Waals surface area contributed by atoms with E-state index in [1.807, 2.05) is 78.9 Å². The van der Waals surface area contributed by atoms with Crippen molar-refractivity contribution in [3.8, 4) is 28.4 Å². The molecule has 0 aliphatic carbocycles. The van der Waals surface area contributed by atoms with E-state index in [2.05, 4.69) is 17.4 Å². The maximum atomic E-state index is 13.7. The van der Waals surface area contributed by atoms with Crippen molar-refractivity contribution in [2.75, 3.05) is 0 Å². The number of aldehydes is 1. The molecule has 1 aliphatic heterocycles. The Morgan fingerprint density at radius 1 is 0.782 bits per heavy atom. The molecule has 0 saturated heterocycles. The van der Waals surface area contributed by atoms with Crippen molar-refractivity contribution in [2.24, 2.45) is 0 Å². The number of carbonyl (C=O) groups is 1. The van der Waals surface area contributed by atoms with Gasteiger partial charge in [0, 0.05) is 21.9 Å². The number of aliphatic hydroxyl groups excluding tert-OH is 1. The minimum absolute atomic E-state index is 0.0829. The molecule has 1 aliphatic rings. The number of aromatic hydroxyl groups is 2. The number of phenols is 2. The van der Waals surface area contributed by atoms with Gasteiger partial charge in [-0.15, -0.1) is 0 Å². The van der Waals surface area contributed by atoms with E-state index in [1.54, 1.807) is 42.5 Å². The Kier molecular flexibility index (Phi) is 14.6. The van der Waals surface area contributed by atoms with Gasteiger partial charge in [-0.05, 0) is 82.4 Å². The second-order valence-electron chi connectivity index (χ2n) is 11.1. The first-order valence-electron chi connectivity index (χ1n) is 16.6. The Bertz CT molecular complexity index is 2560. The van der Waals surface area contributed by atoms with Gasteiger partial charge < -0.3 is 24.7 Å². The summed E-state index contributed by atoms with van der Waals surface area (Å²) < 4.78 is 66.2. The second kappa shape index (κ2) is 20.4. The van der Waals surface area contributed by atoms with Crippen LogP contribution in [0.4, 0.5) is 0 Å². The third-order valence-corrected chi connectivity index (χ3v) is 11.3. The van der Waals surface area contributed by atoms with Gasteiger partial charge in [-0.3, -0.25) is 9.36 Å². The van der Waals surface area contributed by atoms with Gasteiger partial charge in [0.1, 0.15) is 23.5 Å². The number of hydrogen-bond acceptors (Lipinski definition) is 12. The lowest BCUT2D eigenvalue weighted by Gasteiger charge is -2.31. The molecule has 0 spiro atoms. The van der Waals surface area contributed by atoms with Gasteiger partial charge in [-0.2, -0.15) is 4.90 Å². The molecule has 55 heavy (non-hydrogen) atoms. The fourth-order valence-electron chi connectivity index (χ4n) is 5.28. The average molecular weight is 816 g/mol. The van der Waals surface area contributed by atoms with Crippen LogP contribution in [0.25, 0.3) is 32.6 Å². The van der Waals surface area contributed by atoms with Crippen LogP contribution in [0.1, 0.15) is 21.8 Å². The minimum Gasteiger partial charge on any atom is -0.508 e. The van der Waals surface area contributed by atoms with Gasteiger partial charge >= 0.3 is 39.2 Å². The monoisotopic (exact) mass is 816 g/mol. The smallest absolute Gasteiger partial charge is 0.508 e. The highest BCUT2D eigenvalue weighted by Crippen LogP contribution is 2.62. The van der Waals surface area contributed by atoms with Gasteiger partial charge in [0.05, 0.1) is 5.30 Å². The Morgan fingerprint density at radius 2 is 1.31 bits per heavy atom. The summed E-state index contributed by atoms with van der Waals surface area (Å²) in [5.74, 6) is -0.551. The third kappa shape index (κ3) is 11.1. The fourth-order valence-corrected chi connectivity index (χ4v) is 8.62. The van der Waals surface area contributed by atoms with Gasteiger partial charge in [0.2, 0.25) is 6.55 Å². The van der Waals surface area contributed by atoms with Crippen molar-refractivity contribution >= 4 is 72.2 Å². The largest absolute Gasteiger partial charge is 0.597 e. The maximum Gasteiger partial charge on any atom is 0.597 e. The van der Waals surface area contributed by atoms with E-state index < -0.39 is 37.5 Å². The summed E-state index contributed by atoms with van der Waals surface area (Å²) in [5, 5.41) is 32.3. The molecule has 5 N–H and O–H groups in total. The van der Waals surface area contributed by atoms with E-state index in [0.717, 1.165) is 33.3 Å². The van der Waals surface area contributed by atoms with Gasteiger partial charge in [-0.1, -0.05) is 83.4 Å². The second-order valence-corrected chi connectivity index (χ2v) is 15.3. The van der Waals surface area contributed by atoms with Crippen molar-refractivity contribution in [3.05, 3.63) is 157 Å². The highest BCUT2D eigenvalue weighted by Gasteiger charge is 2.43. The molecule has 2 heterocycles. The molecule has 276 valence electrons. The summed E-state index contributed by atoms with van der Waals surface area (Å²) >= 11 is 0. The molecule has 2 radical (unpaired) electrons. The standard InChI is InChI=1S/C19H15O4P.C12H8O2P.C7H6O2.BHO2P.HO2P/c20-14-11-9-13(10-12-14)19(21)24(22)18-8-4-2-6-16(18)15-5-1-3-7-17(15)23-24;13-15-12-8-4-2-6-10(12)9-5-1-3-7-11(9)14-15;8-5-6-1-3-7(9)4-2-6;1-4(2)3;1-3-2/h1-12,19-21H;1-8H;1-5,9H;(H,2,3);(H,1,2)/q;+1;;+1;/i/hD2. The van der Waals surface area contributed by atoms with Crippen molar-refractivity contribution in [1.29, 1.82) is 2.86 Å². The highest BCUT2D eigenvalue weighted by molar-refractivity contribution is 7.68. The Morgan fingerprint density at radius 3 is 1.93 bits per heavy atom. The molecular formula is C38H31BO12P4+2. The number of benzene rings is 6. The van der Waals surface area contributed by atoms with E-state index in [0.29, 0.717) is 27.8 Å². The molecule has 4 atom stereocenters. The molecule has 8 rings (SSSR count). The topological polar surface area (TPSA) is 209 Å². The number of hydrogen-bond donors (Lipinski definition) is 5. The number of fused-ring (bicyclic) bond motifs is 6. The highest BCUT2D eigenvalue weighted by atomic mass is 31.2. The first-order chi connectivity index (χ1) is 27.5. The number of phenolic OH excluding ortho intramolecular Hbond substituents is 2. The Labute approximate surface area is 322 Å². The van der Waals surface area contributed by atoms with Crippen molar-refractivity contribution in [2.45, 2.75) is 5.85 Å². The number of para-hydroxylation sites is 2. The molecule has 0 fully saturated rings. The molecule has 1 aromatic heterocycles. The first kappa shape index (κ1) is 39.4. The Hall–Kier alpha value is -5.34. The zero-order valence-corrected chi connectivity index (χ0v) is 32.0. The first-order valence-corrected chi connectivity index (χ1v) is 20.7. The van der Waals surface area contributed by atoms with Crippen LogP contribution in [-0.2, 0) is 18.3 Å². The summed E-state index contributed by atoms with van der Waals surface area (Å²) in [6.07, 6.45) is 0.736. The van der Waals surface area contributed by atoms with Crippen LogP contribution in [0.2, 0.25) is 0 Å². The summed E-state index contributed by atoms with van der Waals surface area (Å²) in [7, 11) is -3.71. The minimum atomic E-state index is -3.59. The van der Waals surface area contributed by atoms with Crippen LogP contribution < -0.4 is 9.83 Å². The molecule has 6 aromatic carbocycles. The third-order valence-electron chi connectivity index (χ3n) is 7.65. The van der Waals surface area contributed by atoms with Crippen LogP contribution in [0, 0.1) is 0 Å². The van der Waals surface area contributed by atoms with Crippen molar-refractivity contribution < 1.29 is 56.9 Å². The van der Waals surface area contributed by atoms with E-state index in [9.17, 15) is 28.7 Å². The van der Waals surface area contributed by atoms with Crippen LogP contribution in [0.3, 0.4) is 0 Å².